The zero-order valence-corrected chi connectivity index (χ0v) is 18.3. The summed E-state index contributed by atoms with van der Waals surface area (Å²) >= 11 is 1.57. The third kappa shape index (κ3) is 5.42. The first-order valence-corrected chi connectivity index (χ1v) is 11.2. The average Bonchev–Trinajstić information content (AvgIpc) is 3.31. The van der Waals surface area contributed by atoms with Gasteiger partial charge in [0, 0.05) is 42.0 Å². The summed E-state index contributed by atoms with van der Waals surface area (Å²) in [6.07, 6.45) is 3.03. The Labute approximate surface area is 190 Å². The lowest BCUT2D eigenvalue weighted by Crippen LogP contribution is -2.50. The highest BCUT2D eigenvalue weighted by molar-refractivity contribution is 7.16. The second-order valence-electron chi connectivity index (χ2n) is 7.33. The largest absolute Gasteiger partial charge is 0.452 e. The minimum atomic E-state index is -0.557. The number of hydrogen-bond donors (Lipinski definition) is 0. The third-order valence-electron chi connectivity index (χ3n) is 5.23. The van der Waals surface area contributed by atoms with E-state index in [1.165, 1.54) is 12.1 Å². The van der Waals surface area contributed by atoms with Gasteiger partial charge >= 0.3 is 5.97 Å². The van der Waals surface area contributed by atoms with Crippen LogP contribution < -0.4 is 4.90 Å². The lowest BCUT2D eigenvalue weighted by atomic mass is 10.2. The molecule has 5 nitrogen and oxygen atoms in total. The number of halogens is 1. The summed E-state index contributed by atoms with van der Waals surface area (Å²) in [4.78, 5) is 30.0. The van der Waals surface area contributed by atoms with Crippen LogP contribution in [-0.4, -0.2) is 49.6 Å². The summed E-state index contributed by atoms with van der Waals surface area (Å²) in [7, 11) is 0. The normalized spacial score (nSPS) is 14.0. The molecule has 1 saturated heterocycles. The van der Waals surface area contributed by atoms with Crippen LogP contribution in [-0.2, 0) is 14.3 Å². The maximum atomic E-state index is 13.9. The molecule has 0 atom stereocenters. The Bertz CT molecular complexity index is 1110. The minimum Gasteiger partial charge on any atom is -0.452 e. The molecule has 2 aromatic carbocycles. The van der Waals surface area contributed by atoms with Crippen LogP contribution in [0.15, 0.2) is 72.8 Å². The van der Waals surface area contributed by atoms with E-state index >= 15 is 0 Å². The zero-order valence-electron chi connectivity index (χ0n) is 17.4. The van der Waals surface area contributed by atoms with Crippen molar-refractivity contribution >= 4 is 35.0 Å². The number of nitrogens with zero attached hydrogens (tertiary/aromatic N) is 2. The molecular formula is C25H23FN2O3S. The number of piperazine rings is 1. The van der Waals surface area contributed by atoms with E-state index in [4.69, 9.17) is 4.74 Å². The highest BCUT2D eigenvalue weighted by Crippen LogP contribution is 2.28. The van der Waals surface area contributed by atoms with Gasteiger partial charge in [-0.2, -0.15) is 0 Å². The molecule has 7 heteroatoms. The van der Waals surface area contributed by atoms with Gasteiger partial charge < -0.3 is 14.5 Å². The maximum absolute atomic E-state index is 13.9. The fourth-order valence-electron chi connectivity index (χ4n) is 3.53. The molecule has 164 valence electrons. The van der Waals surface area contributed by atoms with Crippen LogP contribution >= 0.6 is 11.3 Å². The van der Waals surface area contributed by atoms with Crippen LogP contribution in [0.5, 0.6) is 0 Å². The van der Waals surface area contributed by atoms with E-state index in [1.807, 2.05) is 47.4 Å². The molecule has 0 bridgehead atoms. The monoisotopic (exact) mass is 450 g/mol. The van der Waals surface area contributed by atoms with Crippen LogP contribution in [0.1, 0.15) is 4.88 Å². The Hall–Kier alpha value is -3.45. The van der Waals surface area contributed by atoms with Gasteiger partial charge in [-0.15, -0.1) is 11.3 Å². The average molecular weight is 451 g/mol. The number of para-hydroxylation sites is 1. The molecule has 2 heterocycles. The number of thiophene rings is 1. The number of amides is 1. The zero-order chi connectivity index (χ0) is 22.3. The second-order valence-corrected chi connectivity index (χ2v) is 8.44. The van der Waals surface area contributed by atoms with E-state index in [0.29, 0.717) is 31.9 Å². The van der Waals surface area contributed by atoms with Crippen LogP contribution in [0, 0.1) is 5.82 Å². The van der Waals surface area contributed by atoms with E-state index < -0.39 is 5.97 Å². The first kappa shape index (κ1) is 21.8. The number of hydrogen-bond acceptors (Lipinski definition) is 5. The second kappa shape index (κ2) is 10.2. The molecule has 1 fully saturated rings. The summed E-state index contributed by atoms with van der Waals surface area (Å²) in [6.45, 7) is 1.67. The first-order chi connectivity index (χ1) is 15.6. The molecule has 0 N–H and O–H groups in total. The van der Waals surface area contributed by atoms with Gasteiger partial charge in [-0.25, -0.2) is 9.18 Å². The third-order valence-corrected chi connectivity index (χ3v) is 6.33. The van der Waals surface area contributed by atoms with Crippen molar-refractivity contribution in [2.75, 3.05) is 37.7 Å². The van der Waals surface area contributed by atoms with Gasteiger partial charge in [0.05, 0.1) is 5.69 Å². The molecule has 1 aliphatic heterocycles. The van der Waals surface area contributed by atoms with Gasteiger partial charge in [0.2, 0.25) is 0 Å². The van der Waals surface area contributed by atoms with E-state index in [1.54, 1.807) is 40.5 Å². The number of carbonyl (C=O) groups is 2. The van der Waals surface area contributed by atoms with Crippen molar-refractivity contribution in [3.63, 3.8) is 0 Å². The highest BCUT2D eigenvalue weighted by Gasteiger charge is 2.23. The summed E-state index contributed by atoms with van der Waals surface area (Å²) in [5.74, 6) is -1.07. The molecule has 4 rings (SSSR count). The van der Waals surface area contributed by atoms with Crippen LogP contribution in [0.4, 0.5) is 10.1 Å². The topological polar surface area (TPSA) is 49.9 Å². The number of anilines is 1. The van der Waals surface area contributed by atoms with Gasteiger partial charge in [0.1, 0.15) is 5.82 Å². The molecule has 32 heavy (non-hydrogen) atoms. The van der Waals surface area contributed by atoms with Gasteiger partial charge in [-0.05, 0) is 35.9 Å². The first-order valence-electron chi connectivity index (χ1n) is 10.4. The molecule has 3 aromatic rings. The maximum Gasteiger partial charge on any atom is 0.331 e. The van der Waals surface area contributed by atoms with E-state index in [2.05, 4.69) is 0 Å². The molecular weight excluding hydrogens is 427 g/mol. The summed E-state index contributed by atoms with van der Waals surface area (Å²) in [6, 6.07) is 20.6. The van der Waals surface area contributed by atoms with Crippen molar-refractivity contribution in [2.24, 2.45) is 0 Å². The minimum absolute atomic E-state index is 0.248. The Balaban J connectivity index is 1.23. The lowest BCUT2D eigenvalue weighted by Gasteiger charge is -2.36. The molecule has 0 spiro atoms. The Kier molecular flexibility index (Phi) is 6.97. The lowest BCUT2D eigenvalue weighted by molar-refractivity contribution is -0.148. The van der Waals surface area contributed by atoms with Crippen molar-refractivity contribution < 1.29 is 18.7 Å². The fraction of sp³-hybridized carbons (Fsp3) is 0.200. The molecule has 1 aliphatic rings. The SMILES string of the molecule is O=C(/C=C/c1ccc(-c2ccccc2)s1)OCC(=O)N1CCN(c2ccccc2F)CC1. The van der Waals surface area contributed by atoms with Crippen molar-refractivity contribution in [3.8, 4) is 10.4 Å². The molecule has 0 radical (unpaired) electrons. The molecule has 0 saturated carbocycles. The van der Waals surface area contributed by atoms with Gasteiger partial charge in [-0.3, -0.25) is 4.79 Å². The number of ether oxygens (including phenoxy) is 1. The molecule has 0 unspecified atom stereocenters. The number of benzene rings is 2. The molecule has 1 amide bonds. The Morgan fingerprint density at radius 1 is 0.938 bits per heavy atom. The number of esters is 1. The van der Waals surface area contributed by atoms with Crippen molar-refractivity contribution in [1.82, 2.24) is 4.90 Å². The van der Waals surface area contributed by atoms with Gasteiger partial charge in [0.25, 0.3) is 5.91 Å². The van der Waals surface area contributed by atoms with Crippen molar-refractivity contribution in [3.05, 3.63) is 83.5 Å². The predicted octanol–water partition coefficient (Wildman–Crippen LogP) is 4.46. The summed E-state index contributed by atoms with van der Waals surface area (Å²) in [5.41, 5.74) is 1.67. The standard InChI is InChI=1S/C25H23FN2O3S/c26-21-8-4-5-9-22(21)27-14-16-28(17-15-27)24(29)18-31-25(30)13-11-20-10-12-23(32-20)19-6-2-1-3-7-19/h1-13H,14-18H2/b13-11+. The summed E-state index contributed by atoms with van der Waals surface area (Å²) < 4.78 is 19.1. The van der Waals surface area contributed by atoms with Crippen LogP contribution in [0.2, 0.25) is 0 Å². The van der Waals surface area contributed by atoms with Crippen molar-refractivity contribution in [1.29, 1.82) is 0 Å². The van der Waals surface area contributed by atoms with E-state index in [-0.39, 0.29) is 18.3 Å². The Morgan fingerprint density at radius 2 is 1.66 bits per heavy atom. The van der Waals surface area contributed by atoms with Gasteiger partial charge in [-0.1, -0.05) is 42.5 Å². The summed E-state index contributed by atoms with van der Waals surface area (Å²) in [5, 5.41) is 0. The predicted molar refractivity (Wildman–Crippen MR) is 125 cm³/mol. The fourth-order valence-corrected chi connectivity index (χ4v) is 4.44. The van der Waals surface area contributed by atoms with Crippen LogP contribution in [0.25, 0.3) is 16.5 Å². The molecule has 1 aromatic heterocycles. The highest BCUT2D eigenvalue weighted by atomic mass is 32.1. The number of rotatable bonds is 6. The quantitative estimate of drug-likeness (QED) is 0.411. The van der Waals surface area contributed by atoms with Crippen molar-refractivity contribution in [2.45, 2.75) is 0 Å². The van der Waals surface area contributed by atoms with E-state index in [9.17, 15) is 14.0 Å². The Morgan fingerprint density at radius 3 is 2.41 bits per heavy atom. The number of carbonyl (C=O) groups excluding carboxylic acids is 2. The van der Waals surface area contributed by atoms with E-state index in [0.717, 1.165) is 15.3 Å². The van der Waals surface area contributed by atoms with Crippen LogP contribution in [0.3, 0.4) is 0 Å². The van der Waals surface area contributed by atoms with Gasteiger partial charge in [0.15, 0.2) is 6.61 Å². The molecule has 0 aliphatic carbocycles. The smallest absolute Gasteiger partial charge is 0.331 e.